The fourth-order valence-corrected chi connectivity index (χ4v) is 3.01. The van der Waals surface area contributed by atoms with E-state index in [2.05, 4.69) is 17.2 Å². The normalized spacial score (nSPS) is 27.4. The molecule has 19 heavy (non-hydrogen) atoms. The molecule has 6 heteroatoms. The molecule has 1 aliphatic carbocycles. The molecule has 5 nitrogen and oxygen atoms in total. The van der Waals surface area contributed by atoms with Crippen LogP contribution in [0.2, 0.25) is 0 Å². The summed E-state index contributed by atoms with van der Waals surface area (Å²) in [6.45, 7) is 4.76. The van der Waals surface area contributed by atoms with Crippen LogP contribution in [0.15, 0.2) is 18.7 Å². The summed E-state index contributed by atoms with van der Waals surface area (Å²) in [6.07, 6.45) is 6.84. The second-order valence-corrected chi connectivity index (χ2v) is 6.03. The summed E-state index contributed by atoms with van der Waals surface area (Å²) in [6, 6.07) is 0.0174. The van der Waals surface area contributed by atoms with Crippen molar-refractivity contribution in [2.24, 2.45) is 17.1 Å². The number of imidazole rings is 1. The highest BCUT2D eigenvalue weighted by molar-refractivity contribution is 7.80. The summed E-state index contributed by atoms with van der Waals surface area (Å²) in [5, 5.41) is 3.01. The smallest absolute Gasteiger partial charge is 0.233 e. The first kappa shape index (κ1) is 14.0. The third kappa shape index (κ3) is 2.78. The molecule has 1 aromatic rings. The molecule has 1 atom stereocenters. The number of amides is 1. The minimum absolute atomic E-state index is 0.0174. The van der Waals surface area contributed by atoms with E-state index in [4.69, 9.17) is 18.0 Å². The fourth-order valence-electron chi connectivity index (χ4n) is 2.75. The predicted molar refractivity (Wildman–Crippen MR) is 77.4 cm³/mol. The lowest BCUT2D eigenvalue weighted by molar-refractivity contribution is -0.133. The van der Waals surface area contributed by atoms with Crippen molar-refractivity contribution in [2.45, 2.75) is 39.3 Å². The zero-order valence-corrected chi connectivity index (χ0v) is 12.1. The van der Waals surface area contributed by atoms with Crippen molar-refractivity contribution in [2.75, 3.05) is 0 Å². The maximum absolute atomic E-state index is 12.4. The zero-order valence-electron chi connectivity index (χ0n) is 11.3. The van der Waals surface area contributed by atoms with Gasteiger partial charge in [-0.1, -0.05) is 19.1 Å². The lowest BCUT2D eigenvalue weighted by atomic mass is 9.62. The Morgan fingerprint density at radius 2 is 2.37 bits per heavy atom. The summed E-state index contributed by atoms with van der Waals surface area (Å²) >= 11 is 5.08. The van der Waals surface area contributed by atoms with E-state index in [1.54, 1.807) is 12.5 Å². The van der Waals surface area contributed by atoms with Crippen LogP contribution in [0.25, 0.3) is 0 Å². The molecule has 0 saturated heterocycles. The Kier molecular flexibility index (Phi) is 3.89. The first-order valence-corrected chi connectivity index (χ1v) is 6.91. The van der Waals surface area contributed by atoms with Gasteiger partial charge >= 0.3 is 0 Å². The molecular weight excluding hydrogens is 260 g/mol. The summed E-state index contributed by atoms with van der Waals surface area (Å²) < 4.78 is 1.93. The molecule has 1 amide bonds. The van der Waals surface area contributed by atoms with Crippen molar-refractivity contribution < 1.29 is 4.79 Å². The highest BCUT2D eigenvalue weighted by atomic mass is 32.1. The lowest BCUT2D eigenvalue weighted by Gasteiger charge is -2.44. The van der Waals surface area contributed by atoms with E-state index in [-0.39, 0.29) is 11.9 Å². The van der Waals surface area contributed by atoms with Crippen molar-refractivity contribution >= 4 is 23.1 Å². The second-order valence-electron chi connectivity index (χ2n) is 5.59. The number of nitrogens with two attached hydrogens (primary N) is 1. The SMILES string of the molecule is CC1CC(C(=O)NC(C)Cn2ccnc2)(C(N)=S)C1. The summed E-state index contributed by atoms with van der Waals surface area (Å²) in [5.41, 5.74) is 5.14. The van der Waals surface area contributed by atoms with E-state index in [9.17, 15) is 4.79 Å². The van der Waals surface area contributed by atoms with Crippen molar-refractivity contribution in [1.82, 2.24) is 14.9 Å². The Balaban J connectivity index is 1.94. The summed E-state index contributed by atoms with van der Waals surface area (Å²) in [5.74, 6) is 0.474. The van der Waals surface area contributed by atoms with Gasteiger partial charge < -0.3 is 15.6 Å². The van der Waals surface area contributed by atoms with Gasteiger partial charge in [0.1, 0.15) is 0 Å². The van der Waals surface area contributed by atoms with Crippen molar-refractivity contribution in [3.8, 4) is 0 Å². The van der Waals surface area contributed by atoms with Gasteiger partial charge in [-0.15, -0.1) is 0 Å². The number of thiocarbonyl (C=S) groups is 1. The van der Waals surface area contributed by atoms with Crippen LogP contribution in [0.3, 0.4) is 0 Å². The molecule has 0 aliphatic heterocycles. The van der Waals surface area contributed by atoms with Gasteiger partial charge in [-0.3, -0.25) is 4.79 Å². The van der Waals surface area contributed by atoms with Gasteiger partial charge in [0.25, 0.3) is 0 Å². The fraction of sp³-hybridized carbons (Fsp3) is 0.615. The van der Waals surface area contributed by atoms with Crippen LogP contribution in [0.4, 0.5) is 0 Å². The molecule has 1 fully saturated rings. The molecule has 0 spiro atoms. The van der Waals surface area contributed by atoms with Gasteiger partial charge in [-0.05, 0) is 25.7 Å². The quantitative estimate of drug-likeness (QED) is 0.792. The third-order valence-corrected chi connectivity index (χ3v) is 4.11. The number of aromatic nitrogens is 2. The van der Waals surface area contributed by atoms with Gasteiger partial charge in [0.2, 0.25) is 5.91 Å². The van der Waals surface area contributed by atoms with Gasteiger partial charge in [0, 0.05) is 25.0 Å². The number of nitrogens with zero attached hydrogens (tertiary/aromatic N) is 2. The minimum Gasteiger partial charge on any atom is -0.392 e. The summed E-state index contributed by atoms with van der Waals surface area (Å²) in [7, 11) is 0. The molecule has 0 radical (unpaired) electrons. The predicted octanol–water partition coefficient (Wildman–Crippen LogP) is 1.09. The Hall–Kier alpha value is -1.43. The number of nitrogens with one attached hydrogen (secondary N) is 1. The molecule has 1 saturated carbocycles. The standard InChI is InChI=1S/C13H20N4OS/c1-9-5-13(6-9,11(14)19)12(18)16-10(2)7-17-4-3-15-8-17/h3-4,8-10H,5-7H2,1-2H3,(H2,14,19)(H,16,18). The molecule has 1 aromatic heterocycles. The number of carbonyl (C=O) groups excluding carboxylic acids is 1. The maximum Gasteiger partial charge on any atom is 0.233 e. The molecule has 104 valence electrons. The maximum atomic E-state index is 12.4. The Morgan fingerprint density at radius 1 is 1.68 bits per heavy atom. The van der Waals surface area contributed by atoms with E-state index in [0.717, 1.165) is 12.8 Å². The van der Waals surface area contributed by atoms with Crippen molar-refractivity contribution in [3.63, 3.8) is 0 Å². The molecule has 0 bridgehead atoms. The van der Waals surface area contributed by atoms with E-state index in [1.807, 2.05) is 17.7 Å². The van der Waals surface area contributed by atoms with Crippen LogP contribution in [0.1, 0.15) is 26.7 Å². The van der Waals surface area contributed by atoms with Crippen molar-refractivity contribution in [1.29, 1.82) is 0 Å². The second kappa shape index (κ2) is 5.28. The average molecular weight is 280 g/mol. The van der Waals surface area contributed by atoms with Crippen LogP contribution in [0, 0.1) is 11.3 Å². The Morgan fingerprint density at radius 3 is 2.84 bits per heavy atom. The van der Waals surface area contributed by atoms with Crippen LogP contribution in [0.5, 0.6) is 0 Å². The number of hydrogen-bond donors (Lipinski definition) is 2. The third-order valence-electron chi connectivity index (χ3n) is 3.72. The Bertz CT molecular complexity index is 465. The lowest BCUT2D eigenvalue weighted by Crippen LogP contribution is -2.57. The van der Waals surface area contributed by atoms with Gasteiger partial charge in [0.15, 0.2) is 0 Å². The molecule has 2 rings (SSSR count). The first-order valence-electron chi connectivity index (χ1n) is 6.50. The molecule has 1 aliphatic rings. The van der Waals surface area contributed by atoms with Crippen LogP contribution in [-0.2, 0) is 11.3 Å². The molecule has 0 aromatic carbocycles. The first-order chi connectivity index (χ1) is 8.94. The number of carbonyl (C=O) groups is 1. The van der Waals surface area contributed by atoms with Crippen LogP contribution < -0.4 is 11.1 Å². The van der Waals surface area contributed by atoms with Gasteiger partial charge in [-0.2, -0.15) is 0 Å². The minimum atomic E-state index is -0.627. The topological polar surface area (TPSA) is 72.9 Å². The van der Waals surface area contributed by atoms with Crippen molar-refractivity contribution in [3.05, 3.63) is 18.7 Å². The number of hydrogen-bond acceptors (Lipinski definition) is 3. The average Bonchev–Trinajstić information content (AvgIpc) is 2.76. The Labute approximate surface area is 118 Å². The van der Waals surface area contributed by atoms with Crippen LogP contribution >= 0.6 is 12.2 Å². The van der Waals surface area contributed by atoms with Gasteiger partial charge in [-0.25, -0.2) is 4.98 Å². The highest BCUT2D eigenvalue weighted by Crippen LogP contribution is 2.46. The zero-order chi connectivity index (χ0) is 14.0. The molecule has 3 N–H and O–H groups in total. The summed E-state index contributed by atoms with van der Waals surface area (Å²) in [4.78, 5) is 16.7. The van der Waals surface area contributed by atoms with Crippen LogP contribution in [-0.4, -0.2) is 26.5 Å². The molecule has 1 heterocycles. The largest absolute Gasteiger partial charge is 0.392 e. The molecular formula is C13H20N4OS. The monoisotopic (exact) mass is 280 g/mol. The highest BCUT2D eigenvalue weighted by Gasteiger charge is 2.50. The van der Waals surface area contributed by atoms with E-state index in [1.165, 1.54) is 0 Å². The van der Waals surface area contributed by atoms with Gasteiger partial charge in [0.05, 0.1) is 16.7 Å². The van der Waals surface area contributed by atoms with E-state index < -0.39 is 5.41 Å². The van der Waals surface area contributed by atoms with E-state index in [0.29, 0.717) is 17.5 Å². The van der Waals surface area contributed by atoms with E-state index >= 15 is 0 Å². The number of rotatable bonds is 5. The molecule has 1 unspecified atom stereocenters.